The highest BCUT2D eigenvalue weighted by molar-refractivity contribution is 7.09. The van der Waals surface area contributed by atoms with E-state index in [9.17, 15) is 9.90 Å². The van der Waals surface area contributed by atoms with Gasteiger partial charge in [-0.3, -0.25) is 9.48 Å². The van der Waals surface area contributed by atoms with E-state index in [2.05, 4.69) is 15.4 Å². The number of ether oxygens (including phenoxy) is 2. The number of nitrogens with one attached hydrogen (secondary N) is 1. The number of aliphatic hydroxyl groups is 1. The first-order valence-electron chi connectivity index (χ1n) is 8.58. The monoisotopic (exact) mass is 388 g/mol. The van der Waals surface area contributed by atoms with Gasteiger partial charge in [0.05, 0.1) is 47.0 Å². The van der Waals surface area contributed by atoms with Crippen molar-refractivity contribution in [3.05, 3.63) is 40.0 Å². The fraction of sp³-hybridized carbons (Fsp3) is 0.389. The van der Waals surface area contributed by atoms with Gasteiger partial charge in [0.1, 0.15) is 18.1 Å². The Hall–Kier alpha value is -2.49. The van der Waals surface area contributed by atoms with Crippen molar-refractivity contribution < 1.29 is 19.4 Å². The van der Waals surface area contributed by atoms with Crippen LogP contribution >= 0.6 is 11.3 Å². The first-order chi connectivity index (χ1) is 13.0. The highest BCUT2D eigenvalue weighted by Crippen LogP contribution is 2.25. The van der Waals surface area contributed by atoms with Crippen LogP contribution in [0.1, 0.15) is 21.1 Å². The van der Waals surface area contributed by atoms with Gasteiger partial charge in [-0.25, -0.2) is 4.98 Å². The molecule has 2 atom stereocenters. The predicted molar refractivity (Wildman–Crippen MR) is 100.0 cm³/mol. The number of amides is 1. The zero-order valence-electron chi connectivity index (χ0n) is 15.0. The van der Waals surface area contributed by atoms with Crippen molar-refractivity contribution in [3.8, 4) is 5.75 Å². The van der Waals surface area contributed by atoms with Gasteiger partial charge in [0.25, 0.3) is 5.91 Å². The van der Waals surface area contributed by atoms with Crippen LogP contribution < -0.4 is 10.1 Å². The second-order valence-electron chi connectivity index (χ2n) is 6.49. The van der Waals surface area contributed by atoms with Crippen LogP contribution in [0.3, 0.4) is 0 Å². The van der Waals surface area contributed by atoms with E-state index in [-0.39, 0.29) is 12.5 Å². The lowest BCUT2D eigenvalue weighted by Crippen LogP contribution is -2.43. The third kappa shape index (κ3) is 3.53. The molecule has 3 aromatic rings. The molecule has 0 bridgehead atoms. The summed E-state index contributed by atoms with van der Waals surface area (Å²) in [5.41, 5.74) is 3.87. The predicted octanol–water partition coefficient (Wildman–Crippen LogP) is 1.41. The molecule has 1 fully saturated rings. The summed E-state index contributed by atoms with van der Waals surface area (Å²) in [5.74, 6) is 0.353. The summed E-state index contributed by atoms with van der Waals surface area (Å²) in [6.07, 6.45) is -0.699. The Balaban J connectivity index is 1.57. The van der Waals surface area contributed by atoms with Crippen molar-refractivity contribution in [2.75, 3.05) is 13.2 Å². The van der Waals surface area contributed by atoms with Gasteiger partial charge < -0.3 is 19.9 Å². The first-order valence-corrected chi connectivity index (χ1v) is 9.46. The molecule has 0 unspecified atom stereocenters. The maximum atomic E-state index is 12.8. The van der Waals surface area contributed by atoms with Gasteiger partial charge in [-0.2, -0.15) is 5.10 Å². The Morgan fingerprint density at radius 3 is 3.04 bits per heavy atom. The molecule has 0 radical (unpaired) electrons. The van der Waals surface area contributed by atoms with Gasteiger partial charge in [0.2, 0.25) is 0 Å². The lowest BCUT2D eigenvalue weighted by Gasteiger charge is -2.14. The van der Waals surface area contributed by atoms with Crippen molar-refractivity contribution in [1.29, 1.82) is 0 Å². The fourth-order valence-corrected chi connectivity index (χ4v) is 3.76. The summed E-state index contributed by atoms with van der Waals surface area (Å²) in [7, 11) is 1.72. The molecule has 0 saturated carbocycles. The smallest absolute Gasteiger partial charge is 0.270 e. The van der Waals surface area contributed by atoms with Gasteiger partial charge in [-0.15, -0.1) is 11.3 Å². The van der Waals surface area contributed by atoms with Gasteiger partial charge in [-0.1, -0.05) is 0 Å². The summed E-state index contributed by atoms with van der Waals surface area (Å²) < 4.78 is 12.6. The number of benzene rings is 1. The molecule has 1 aliphatic rings. The van der Waals surface area contributed by atoms with Crippen LogP contribution in [0.4, 0.5) is 0 Å². The molecule has 8 nitrogen and oxygen atoms in total. The van der Waals surface area contributed by atoms with Crippen LogP contribution in [-0.4, -0.2) is 51.1 Å². The fourth-order valence-electron chi connectivity index (χ4n) is 3.07. The van der Waals surface area contributed by atoms with E-state index in [0.29, 0.717) is 35.6 Å². The highest BCUT2D eigenvalue weighted by atomic mass is 32.1. The standard InChI is InChI=1S/C18H20N4O4S/c1-10-16(27-9-19-10)8-26-11-3-4-13-12(5-11)17(22(2)21-13)18(24)20-14-6-25-7-15(14)23/h3-5,9,14-15,23H,6-8H2,1-2H3,(H,20,24)/t14-,15+/m0/s1. The van der Waals surface area contributed by atoms with Crippen LogP contribution in [0.5, 0.6) is 5.75 Å². The molecule has 2 N–H and O–H groups in total. The number of fused-ring (bicyclic) bond motifs is 1. The number of hydrogen-bond acceptors (Lipinski definition) is 7. The third-order valence-electron chi connectivity index (χ3n) is 4.60. The van der Waals surface area contributed by atoms with Crippen LogP contribution in [0.25, 0.3) is 10.9 Å². The minimum atomic E-state index is -0.699. The molecule has 9 heteroatoms. The zero-order chi connectivity index (χ0) is 19.0. The second kappa shape index (κ2) is 7.26. The Bertz CT molecular complexity index is 983. The molecule has 1 aliphatic heterocycles. The number of carbonyl (C=O) groups is 1. The first kappa shape index (κ1) is 17.9. The average molecular weight is 388 g/mol. The number of thiazole rings is 1. The molecule has 2 aromatic heterocycles. The molecule has 1 saturated heterocycles. The maximum Gasteiger partial charge on any atom is 0.270 e. The molecule has 27 heavy (non-hydrogen) atoms. The summed E-state index contributed by atoms with van der Waals surface area (Å²) in [6.45, 7) is 2.90. The second-order valence-corrected chi connectivity index (χ2v) is 7.42. The number of aromatic nitrogens is 3. The molecular formula is C18H20N4O4S. The number of nitrogens with zero attached hydrogens (tertiary/aromatic N) is 3. The lowest BCUT2D eigenvalue weighted by atomic mass is 10.1. The Morgan fingerprint density at radius 2 is 2.33 bits per heavy atom. The van der Waals surface area contributed by atoms with Crippen LogP contribution in [0.2, 0.25) is 0 Å². The summed E-state index contributed by atoms with van der Waals surface area (Å²) in [5, 5.41) is 17.8. The van der Waals surface area contributed by atoms with Gasteiger partial charge in [-0.05, 0) is 25.1 Å². The van der Waals surface area contributed by atoms with Gasteiger partial charge >= 0.3 is 0 Å². The van der Waals surface area contributed by atoms with E-state index < -0.39 is 12.1 Å². The number of aliphatic hydroxyl groups excluding tert-OH is 1. The Labute approximate surface area is 159 Å². The van der Waals surface area contributed by atoms with Crippen molar-refractivity contribution in [2.24, 2.45) is 7.05 Å². The van der Waals surface area contributed by atoms with Gasteiger partial charge in [0.15, 0.2) is 0 Å². The number of hydrogen-bond donors (Lipinski definition) is 2. The molecule has 0 spiro atoms. The number of rotatable bonds is 5. The Kier molecular flexibility index (Phi) is 4.81. The largest absolute Gasteiger partial charge is 0.488 e. The van der Waals surface area contributed by atoms with Crippen molar-refractivity contribution >= 4 is 28.1 Å². The normalized spacial score (nSPS) is 19.5. The van der Waals surface area contributed by atoms with Gasteiger partial charge in [0, 0.05) is 12.4 Å². The topological polar surface area (TPSA) is 98.5 Å². The van der Waals surface area contributed by atoms with Crippen molar-refractivity contribution in [3.63, 3.8) is 0 Å². The number of carbonyl (C=O) groups excluding carboxylic acids is 1. The average Bonchev–Trinajstić information content (AvgIpc) is 3.31. The van der Waals surface area contributed by atoms with E-state index >= 15 is 0 Å². The zero-order valence-corrected chi connectivity index (χ0v) is 15.8. The lowest BCUT2D eigenvalue weighted by molar-refractivity contribution is 0.0879. The van der Waals surface area contributed by atoms with Crippen LogP contribution in [-0.2, 0) is 18.4 Å². The van der Waals surface area contributed by atoms with Crippen LogP contribution in [0.15, 0.2) is 23.7 Å². The maximum absolute atomic E-state index is 12.8. The minimum Gasteiger partial charge on any atom is -0.488 e. The summed E-state index contributed by atoms with van der Waals surface area (Å²) in [4.78, 5) is 18.0. The molecule has 4 rings (SSSR count). The minimum absolute atomic E-state index is 0.228. The van der Waals surface area contributed by atoms with Crippen molar-refractivity contribution in [2.45, 2.75) is 25.7 Å². The third-order valence-corrected chi connectivity index (χ3v) is 5.51. The highest BCUT2D eigenvalue weighted by Gasteiger charge is 2.29. The number of aryl methyl sites for hydroxylation is 2. The summed E-state index contributed by atoms with van der Waals surface area (Å²) in [6, 6.07) is 5.06. The molecule has 1 amide bonds. The van der Waals surface area contributed by atoms with E-state index in [1.165, 1.54) is 0 Å². The van der Waals surface area contributed by atoms with E-state index in [0.717, 1.165) is 10.6 Å². The Morgan fingerprint density at radius 1 is 1.48 bits per heavy atom. The molecular weight excluding hydrogens is 368 g/mol. The van der Waals surface area contributed by atoms with E-state index in [4.69, 9.17) is 9.47 Å². The molecule has 142 valence electrons. The quantitative estimate of drug-likeness (QED) is 0.686. The molecule has 1 aromatic carbocycles. The van der Waals surface area contributed by atoms with Crippen molar-refractivity contribution in [1.82, 2.24) is 20.1 Å². The molecule has 0 aliphatic carbocycles. The summed E-state index contributed by atoms with van der Waals surface area (Å²) >= 11 is 1.55. The van der Waals surface area contributed by atoms with Crippen LogP contribution in [0, 0.1) is 6.92 Å². The molecule has 3 heterocycles. The van der Waals surface area contributed by atoms with E-state index in [1.807, 2.05) is 25.1 Å². The SMILES string of the molecule is Cc1ncsc1COc1ccc2nn(C)c(C(=O)N[C@H]3COC[C@H]3O)c2c1. The van der Waals surface area contributed by atoms with E-state index in [1.54, 1.807) is 28.6 Å².